The normalized spacial score (nSPS) is 18.0. The topological polar surface area (TPSA) is 57.8 Å². The molecule has 1 aliphatic rings. The summed E-state index contributed by atoms with van der Waals surface area (Å²) in [6.07, 6.45) is 2.21. The standard InChI is InChI=1S/C11H17N3O/c1-7-10(8(2)13-14-11(7)15)9-3-5-12-6-4-9/h9,12H,3-6H2,1-2H3,(H,14,15). The summed E-state index contributed by atoms with van der Waals surface area (Å²) in [5, 5.41) is 9.91. The van der Waals surface area contributed by atoms with E-state index in [2.05, 4.69) is 15.5 Å². The fraction of sp³-hybridized carbons (Fsp3) is 0.636. The van der Waals surface area contributed by atoms with E-state index in [0.29, 0.717) is 5.92 Å². The number of nitrogens with one attached hydrogen (secondary N) is 2. The third-order valence-corrected chi connectivity index (χ3v) is 3.21. The van der Waals surface area contributed by atoms with Gasteiger partial charge in [-0.1, -0.05) is 0 Å². The van der Waals surface area contributed by atoms with E-state index in [4.69, 9.17) is 0 Å². The van der Waals surface area contributed by atoms with Gasteiger partial charge < -0.3 is 5.32 Å². The highest BCUT2D eigenvalue weighted by molar-refractivity contribution is 5.30. The minimum absolute atomic E-state index is 0.0471. The van der Waals surface area contributed by atoms with E-state index in [1.165, 1.54) is 5.56 Å². The van der Waals surface area contributed by atoms with Crippen molar-refractivity contribution >= 4 is 0 Å². The maximum atomic E-state index is 11.5. The molecule has 0 saturated carbocycles. The monoisotopic (exact) mass is 207 g/mol. The number of hydrogen-bond acceptors (Lipinski definition) is 3. The Morgan fingerprint density at radius 1 is 1.27 bits per heavy atom. The van der Waals surface area contributed by atoms with E-state index in [-0.39, 0.29) is 5.56 Å². The van der Waals surface area contributed by atoms with Gasteiger partial charge in [0.1, 0.15) is 0 Å². The van der Waals surface area contributed by atoms with Crippen LogP contribution in [-0.2, 0) is 0 Å². The molecule has 0 spiro atoms. The summed E-state index contributed by atoms with van der Waals surface area (Å²) in [5.41, 5.74) is 2.93. The van der Waals surface area contributed by atoms with Crippen molar-refractivity contribution in [3.05, 3.63) is 27.2 Å². The molecule has 2 N–H and O–H groups in total. The third kappa shape index (κ3) is 1.95. The van der Waals surface area contributed by atoms with Crippen LogP contribution in [0.4, 0.5) is 0 Å². The zero-order chi connectivity index (χ0) is 10.8. The van der Waals surface area contributed by atoms with Crippen LogP contribution in [0.5, 0.6) is 0 Å². The van der Waals surface area contributed by atoms with Crippen molar-refractivity contribution in [3.8, 4) is 0 Å². The number of rotatable bonds is 1. The van der Waals surface area contributed by atoms with Crippen LogP contribution < -0.4 is 10.9 Å². The summed E-state index contributed by atoms with van der Waals surface area (Å²) in [5.74, 6) is 0.501. The molecule has 1 fully saturated rings. The molecule has 0 unspecified atom stereocenters. The first-order chi connectivity index (χ1) is 7.20. The van der Waals surface area contributed by atoms with Crippen molar-refractivity contribution in [2.75, 3.05) is 13.1 Å². The van der Waals surface area contributed by atoms with Gasteiger partial charge in [0.05, 0.1) is 5.69 Å². The van der Waals surface area contributed by atoms with Gasteiger partial charge in [0, 0.05) is 5.56 Å². The predicted octanol–water partition coefficient (Wildman–Crippen LogP) is 0.854. The highest BCUT2D eigenvalue weighted by atomic mass is 16.1. The minimum Gasteiger partial charge on any atom is -0.317 e. The average Bonchev–Trinajstić information content (AvgIpc) is 2.26. The number of aromatic amines is 1. The number of hydrogen-bond donors (Lipinski definition) is 2. The highest BCUT2D eigenvalue weighted by Crippen LogP contribution is 2.27. The Kier molecular flexibility index (Phi) is 2.86. The van der Waals surface area contributed by atoms with Crippen molar-refractivity contribution < 1.29 is 0 Å². The maximum absolute atomic E-state index is 11.5. The van der Waals surface area contributed by atoms with Crippen LogP contribution in [0.3, 0.4) is 0 Å². The van der Waals surface area contributed by atoms with Crippen molar-refractivity contribution in [1.29, 1.82) is 0 Å². The lowest BCUT2D eigenvalue weighted by Crippen LogP contribution is -2.29. The molecule has 1 aromatic heterocycles. The highest BCUT2D eigenvalue weighted by Gasteiger charge is 2.20. The van der Waals surface area contributed by atoms with Crippen LogP contribution >= 0.6 is 0 Å². The number of aryl methyl sites for hydroxylation is 1. The van der Waals surface area contributed by atoms with Crippen molar-refractivity contribution in [3.63, 3.8) is 0 Å². The van der Waals surface area contributed by atoms with Crippen LogP contribution in [0, 0.1) is 13.8 Å². The number of H-pyrrole nitrogens is 1. The first-order valence-electron chi connectivity index (χ1n) is 5.46. The van der Waals surface area contributed by atoms with Gasteiger partial charge in [0.25, 0.3) is 5.56 Å². The lowest BCUT2D eigenvalue weighted by Gasteiger charge is -2.24. The quantitative estimate of drug-likeness (QED) is 0.718. The molecule has 4 heteroatoms. The molecule has 2 rings (SSSR count). The summed E-state index contributed by atoms with van der Waals surface area (Å²) >= 11 is 0. The molecule has 0 bridgehead atoms. The first kappa shape index (κ1) is 10.4. The first-order valence-corrected chi connectivity index (χ1v) is 5.46. The Morgan fingerprint density at radius 2 is 1.93 bits per heavy atom. The second kappa shape index (κ2) is 4.14. The fourth-order valence-corrected chi connectivity index (χ4v) is 2.38. The second-order valence-corrected chi connectivity index (χ2v) is 4.20. The zero-order valence-corrected chi connectivity index (χ0v) is 9.26. The zero-order valence-electron chi connectivity index (χ0n) is 9.26. The molecule has 2 heterocycles. The Hall–Kier alpha value is -1.16. The van der Waals surface area contributed by atoms with Crippen molar-refractivity contribution in [1.82, 2.24) is 15.5 Å². The predicted molar refractivity (Wildman–Crippen MR) is 59.2 cm³/mol. The second-order valence-electron chi connectivity index (χ2n) is 4.20. The van der Waals surface area contributed by atoms with Gasteiger partial charge in [-0.25, -0.2) is 5.10 Å². The van der Waals surface area contributed by atoms with Gasteiger partial charge in [0.15, 0.2) is 0 Å². The van der Waals surface area contributed by atoms with Gasteiger partial charge in [-0.05, 0) is 51.3 Å². The number of piperidine rings is 1. The molecule has 0 atom stereocenters. The van der Waals surface area contributed by atoms with Gasteiger partial charge in [0.2, 0.25) is 0 Å². The molecular weight excluding hydrogens is 190 g/mol. The van der Waals surface area contributed by atoms with Crippen LogP contribution in [-0.4, -0.2) is 23.3 Å². The van der Waals surface area contributed by atoms with Crippen LogP contribution in [0.1, 0.15) is 35.6 Å². The van der Waals surface area contributed by atoms with Gasteiger partial charge in [-0.2, -0.15) is 5.10 Å². The Bertz CT molecular complexity index is 405. The smallest absolute Gasteiger partial charge is 0.267 e. The minimum atomic E-state index is -0.0471. The SMILES string of the molecule is Cc1n[nH]c(=O)c(C)c1C1CCNCC1. The van der Waals surface area contributed by atoms with Gasteiger partial charge in [-0.15, -0.1) is 0 Å². The van der Waals surface area contributed by atoms with Gasteiger partial charge >= 0.3 is 0 Å². The van der Waals surface area contributed by atoms with E-state index in [1.807, 2.05) is 13.8 Å². The molecule has 1 aliphatic heterocycles. The summed E-state index contributed by atoms with van der Waals surface area (Å²) in [7, 11) is 0. The maximum Gasteiger partial charge on any atom is 0.267 e. The molecule has 82 valence electrons. The molecule has 15 heavy (non-hydrogen) atoms. The summed E-state index contributed by atoms with van der Waals surface area (Å²) in [6.45, 7) is 5.94. The van der Waals surface area contributed by atoms with E-state index in [9.17, 15) is 4.79 Å². The lowest BCUT2D eigenvalue weighted by atomic mass is 9.87. The Morgan fingerprint density at radius 3 is 2.60 bits per heavy atom. The van der Waals surface area contributed by atoms with E-state index < -0.39 is 0 Å². The molecule has 0 amide bonds. The molecule has 0 radical (unpaired) electrons. The molecule has 1 saturated heterocycles. The van der Waals surface area contributed by atoms with Crippen molar-refractivity contribution in [2.45, 2.75) is 32.6 Å². The molecule has 0 aromatic carbocycles. The average molecular weight is 207 g/mol. The summed E-state index contributed by atoms with van der Waals surface area (Å²) in [4.78, 5) is 11.5. The Labute approximate surface area is 89.1 Å². The van der Waals surface area contributed by atoms with Crippen LogP contribution in [0.15, 0.2) is 4.79 Å². The largest absolute Gasteiger partial charge is 0.317 e. The molecule has 0 aliphatic carbocycles. The van der Waals surface area contributed by atoms with E-state index in [0.717, 1.165) is 37.2 Å². The molecule has 4 nitrogen and oxygen atoms in total. The van der Waals surface area contributed by atoms with Crippen LogP contribution in [0.25, 0.3) is 0 Å². The van der Waals surface area contributed by atoms with Gasteiger partial charge in [-0.3, -0.25) is 4.79 Å². The fourth-order valence-electron chi connectivity index (χ4n) is 2.38. The van der Waals surface area contributed by atoms with Crippen LogP contribution in [0.2, 0.25) is 0 Å². The molecule has 1 aromatic rings. The summed E-state index contributed by atoms with van der Waals surface area (Å²) < 4.78 is 0. The summed E-state index contributed by atoms with van der Waals surface area (Å²) in [6, 6.07) is 0. The van der Waals surface area contributed by atoms with E-state index in [1.54, 1.807) is 0 Å². The number of aromatic nitrogens is 2. The Balaban J connectivity index is 2.41. The lowest BCUT2D eigenvalue weighted by molar-refractivity contribution is 0.455. The number of nitrogens with zero attached hydrogens (tertiary/aromatic N) is 1. The molecular formula is C11H17N3O. The van der Waals surface area contributed by atoms with E-state index >= 15 is 0 Å². The third-order valence-electron chi connectivity index (χ3n) is 3.21. The van der Waals surface area contributed by atoms with Crippen molar-refractivity contribution in [2.24, 2.45) is 0 Å².